The molecule has 0 aliphatic rings. The highest BCUT2D eigenvalue weighted by Crippen LogP contribution is 2.55. The summed E-state index contributed by atoms with van der Waals surface area (Å²) in [5.41, 5.74) is 0. The highest BCUT2D eigenvalue weighted by atomic mass is 31.2. The Morgan fingerprint density at radius 3 is 2.44 bits per heavy atom. The lowest BCUT2D eigenvalue weighted by atomic mass is 9.97. The van der Waals surface area contributed by atoms with Crippen LogP contribution in [0.5, 0.6) is 0 Å². The number of aliphatic hydroxyl groups excluding tert-OH is 1. The molecule has 0 aromatic rings. The van der Waals surface area contributed by atoms with Crippen LogP contribution in [-0.4, -0.2) is 60.3 Å². The fourth-order valence-electron chi connectivity index (χ4n) is 1.26. The summed E-state index contributed by atoms with van der Waals surface area (Å²) in [5.74, 6) is 0.897. The van der Waals surface area contributed by atoms with E-state index in [9.17, 15) is 14.4 Å². The van der Waals surface area contributed by atoms with Gasteiger partial charge in [-0.15, -0.1) is 0 Å². The maximum Gasteiger partial charge on any atom is 0.228 e. The average molecular weight is 296 g/mol. The first-order chi connectivity index (χ1) is 8.09. The van der Waals surface area contributed by atoms with Crippen molar-refractivity contribution in [3.8, 4) is 0 Å². The van der Waals surface area contributed by atoms with Crippen LogP contribution < -0.4 is 0 Å². The largest absolute Gasteiger partial charge is 0.393 e. The minimum absolute atomic E-state index is 0.0340. The summed E-state index contributed by atoms with van der Waals surface area (Å²) in [4.78, 5) is 19.2. The highest BCUT2D eigenvalue weighted by molar-refractivity contribution is 7.81. The molecule has 0 aromatic heterocycles. The molecule has 0 amide bonds. The monoisotopic (exact) mass is 296 g/mol. The summed E-state index contributed by atoms with van der Waals surface area (Å²) in [6.45, 7) is 3.17. The van der Waals surface area contributed by atoms with Gasteiger partial charge in [0.15, 0.2) is 0 Å². The highest BCUT2D eigenvalue weighted by Gasteiger charge is 2.20. The number of hydrogen-bond acceptors (Lipinski definition) is 4. The summed E-state index contributed by atoms with van der Waals surface area (Å²) in [5, 5.41) is 9.10. The molecule has 0 spiro atoms. The van der Waals surface area contributed by atoms with Crippen molar-refractivity contribution in [1.29, 1.82) is 0 Å². The third kappa shape index (κ3) is 9.15. The summed E-state index contributed by atoms with van der Waals surface area (Å²) < 4.78 is 17.2. The lowest BCUT2D eigenvalue weighted by Crippen LogP contribution is -2.23. The summed E-state index contributed by atoms with van der Waals surface area (Å²) in [6.07, 6.45) is 5.05. The zero-order valence-electron chi connectivity index (χ0n) is 11.2. The van der Waals surface area contributed by atoms with Gasteiger partial charge < -0.3 is 19.6 Å². The van der Waals surface area contributed by atoms with Crippen molar-refractivity contribution in [2.24, 2.45) is 0 Å². The minimum Gasteiger partial charge on any atom is -0.393 e. The predicted molar refractivity (Wildman–Crippen MR) is 80.6 cm³/mol. The van der Waals surface area contributed by atoms with E-state index in [1.807, 2.05) is 14.8 Å². The van der Waals surface area contributed by atoms with Crippen molar-refractivity contribution in [3.63, 3.8) is 0 Å². The Morgan fingerprint density at radius 1 is 1.50 bits per heavy atom. The summed E-state index contributed by atoms with van der Waals surface area (Å²) in [6, 6.07) is -0.0340. The molecular formula is C10H23BO5P2. The molecule has 0 saturated heterocycles. The van der Waals surface area contributed by atoms with Crippen LogP contribution in [0.4, 0.5) is 0 Å². The van der Waals surface area contributed by atoms with Crippen molar-refractivity contribution in [3.05, 3.63) is 11.9 Å². The first kappa shape index (κ1) is 18.2. The van der Waals surface area contributed by atoms with Crippen LogP contribution in [0.3, 0.4) is 0 Å². The molecule has 0 fully saturated rings. The maximum absolute atomic E-state index is 11.8. The molecule has 2 unspecified atom stereocenters. The fraction of sp³-hybridized carbons (Fsp3) is 0.700. The number of hydrogen-bond donors (Lipinski definition) is 3. The van der Waals surface area contributed by atoms with Crippen LogP contribution >= 0.6 is 14.5 Å². The van der Waals surface area contributed by atoms with Crippen molar-refractivity contribution in [1.82, 2.24) is 0 Å². The molecule has 0 rings (SSSR count). The Hall–Kier alpha value is 0.175. The smallest absolute Gasteiger partial charge is 0.228 e. The van der Waals surface area contributed by atoms with Gasteiger partial charge in [-0.3, -0.25) is 4.57 Å². The lowest BCUT2D eigenvalue weighted by molar-refractivity contribution is 0.0226. The quantitative estimate of drug-likeness (QED) is 0.447. The topological polar surface area (TPSA) is 87.0 Å². The van der Waals surface area contributed by atoms with E-state index in [0.717, 1.165) is 12.2 Å². The Labute approximate surface area is 110 Å². The van der Waals surface area contributed by atoms with Crippen LogP contribution in [0.25, 0.3) is 0 Å². The second-order valence-corrected chi connectivity index (χ2v) is 10.3. The number of aliphatic hydroxyl groups is 1. The van der Waals surface area contributed by atoms with Crippen molar-refractivity contribution in [2.45, 2.75) is 25.5 Å². The standard InChI is InChI=1S/C10H23BO5P2/c1-4-10(11)16-9(7-12)5-6-18(14,15)8-17(2,3)13/h5-6,9-10,12-13H,2,4,7-8,11H2,1,3H3,(H,14,15)/b6-5+/t9-,10-,17?/m1/s1. The first-order valence-corrected chi connectivity index (χ1v) is 10.3. The SMILES string of the molecule is B[C@@H](CC)O[C@H](/C=C/P(=O)(O)CP(=C)(C)O)CO. The zero-order valence-corrected chi connectivity index (χ0v) is 13.0. The van der Waals surface area contributed by atoms with Gasteiger partial charge in [0.2, 0.25) is 7.37 Å². The molecule has 106 valence electrons. The van der Waals surface area contributed by atoms with Gasteiger partial charge in [0.1, 0.15) is 7.85 Å². The van der Waals surface area contributed by atoms with Gasteiger partial charge in [0, 0.05) is 13.1 Å². The lowest BCUT2D eigenvalue weighted by Gasteiger charge is -2.18. The van der Waals surface area contributed by atoms with E-state index < -0.39 is 20.6 Å². The molecule has 18 heavy (non-hydrogen) atoms. The molecule has 0 radical (unpaired) electrons. The van der Waals surface area contributed by atoms with Crippen LogP contribution in [-0.2, 0) is 9.30 Å². The van der Waals surface area contributed by atoms with Gasteiger partial charge in [-0.25, -0.2) is 0 Å². The van der Waals surface area contributed by atoms with Gasteiger partial charge in [0.25, 0.3) is 0 Å². The van der Waals surface area contributed by atoms with Crippen LogP contribution in [0, 0.1) is 0 Å². The van der Waals surface area contributed by atoms with Crippen molar-refractivity contribution >= 4 is 28.6 Å². The van der Waals surface area contributed by atoms with Gasteiger partial charge >= 0.3 is 0 Å². The van der Waals surface area contributed by atoms with E-state index >= 15 is 0 Å². The number of ether oxygens (including phenoxy) is 1. The van der Waals surface area contributed by atoms with Crippen molar-refractivity contribution < 1.29 is 24.2 Å². The molecule has 0 bridgehead atoms. The Kier molecular flexibility index (Phi) is 7.76. The molecule has 5 nitrogen and oxygen atoms in total. The third-order valence-electron chi connectivity index (χ3n) is 2.20. The Bertz CT molecular complexity index is 365. The fourth-order valence-corrected chi connectivity index (χ4v) is 5.59. The van der Waals surface area contributed by atoms with Crippen LogP contribution in [0.2, 0.25) is 0 Å². The van der Waals surface area contributed by atoms with Gasteiger partial charge in [-0.2, -0.15) is 0 Å². The molecule has 0 heterocycles. The number of rotatable bonds is 8. The molecule has 0 aromatic carbocycles. The molecular weight excluding hydrogens is 273 g/mol. The van der Waals surface area contributed by atoms with Crippen LogP contribution in [0.1, 0.15) is 13.3 Å². The van der Waals surface area contributed by atoms with E-state index in [1.165, 1.54) is 12.7 Å². The molecule has 4 atom stereocenters. The molecule has 0 aliphatic heterocycles. The van der Waals surface area contributed by atoms with Gasteiger partial charge in [0.05, 0.1) is 18.6 Å². The molecule has 0 saturated carbocycles. The van der Waals surface area contributed by atoms with Crippen molar-refractivity contribution in [2.75, 3.05) is 19.2 Å². The second kappa shape index (κ2) is 7.69. The maximum atomic E-state index is 11.8. The average Bonchev–Trinajstić information content (AvgIpc) is 2.20. The Morgan fingerprint density at radius 2 is 2.06 bits per heavy atom. The minimum atomic E-state index is -3.57. The third-order valence-corrected chi connectivity index (χ3v) is 6.90. The van der Waals surface area contributed by atoms with E-state index in [0.29, 0.717) is 0 Å². The van der Waals surface area contributed by atoms with E-state index in [4.69, 9.17) is 9.84 Å². The zero-order chi connectivity index (χ0) is 14.4. The van der Waals surface area contributed by atoms with E-state index in [2.05, 4.69) is 6.30 Å². The predicted octanol–water partition coefficient (Wildman–Crippen LogP) is 0.461. The molecule has 3 N–H and O–H groups in total. The van der Waals surface area contributed by atoms with Crippen LogP contribution in [0.15, 0.2) is 11.9 Å². The molecule has 0 aliphatic carbocycles. The van der Waals surface area contributed by atoms with Gasteiger partial charge in [-0.05, 0) is 25.0 Å². The first-order valence-electron chi connectivity index (χ1n) is 5.79. The summed E-state index contributed by atoms with van der Waals surface area (Å²) >= 11 is 0. The normalized spacial score (nSPS) is 22.3. The summed E-state index contributed by atoms with van der Waals surface area (Å²) in [7, 11) is -4.26. The molecule has 8 heteroatoms. The van der Waals surface area contributed by atoms with E-state index in [-0.39, 0.29) is 18.5 Å². The van der Waals surface area contributed by atoms with E-state index in [1.54, 1.807) is 0 Å². The second-order valence-electron chi connectivity index (χ2n) is 4.65. The van der Waals surface area contributed by atoms with Gasteiger partial charge in [-0.1, -0.05) is 13.2 Å². The Balaban J connectivity index is 4.58.